The van der Waals surface area contributed by atoms with Crippen LogP contribution in [0.1, 0.15) is 5.56 Å². The summed E-state index contributed by atoms with van der Waals surface area (Å²) in [5.74, 6) is 3.16. The van der Waals surface area contributed by atoms with E-state index in [0.29, 0.717) is 11.3 Å². The average Bonchev–Trinajstić information content (AvgIpc) is 3.18. The zero-order chi connectivity index (χ0) is 33.6. The van der Waals surface area contributed by atoms with E-state index in [2.05, 4.69) is 93.5 Å². The lowest BCUT2D eigenvalue weighted by atomic mass is 9.91. The number of hydrogen-bond donors (Lipinski definition) is 0. The predicted octanol–water partition coefficient (Wildman–Crippen LogP) is 12.6. The molecular formula is C44H26N4O2. The van der Waals surface area contributed by atoms with Gasteiger partial charge in [-0.1, -0.05) is 72.8 Å². The molecule has 0 N–H and O–H groups in total. The summed E-state index contributed by atoms with van der Waals surface area (Å²) in [4.78, 5) is 8.10. The summed E-state index contributed by atoms with van der Waals surface area (Å²) in [6.07, 6.45) is 0. The monoisotopic (exact) mass is 642 g/mol. The molecule has 2 aliphatic rings. The molecule has 234 valence electrons. The van der Waals surface area contributed by atoms with Crippen LogP contribution in [0.15, 0.2) is 158 Å². The Morgan fingerprint density at radius 3 is 1.20 bits per heavy atom. The zero-order valence-electron chi connectivity index (χ0n) is 26.6. The van der Waals surface area contributed by atoms with E-state index in [4.69, 9.17) is 16.0 Å². The minimum atomic E-state index is 0.324. The molecular weight excluding hydrogens is 617 g/mol. The van der Waals surface area contributed by atoms with E-state index >= 15 is 0 Å². The molecule has 0 aliphatic carbocycles. The Hall–Kier alpha value is -7.28. The van der Waals surface area contributed by atoms with Crippen LogP contribution in [-0.2, 0) is 0 Å². The number of fused-ring (bicyclic) bond motifs is 4. The average molecular weight is 643 g/mol. The fraction of sp³-hybridized carbons (Fsp3) is 0. The van der Waals surface area contributed by atoms with Crippen LogP contribution in [0.25, 0.3) is 27.1 Å². The Morgan fingerprint density at radius 2 is 0.840 bits per heavy atom. The Morgan fingerprint density at radius 1 is 0.480 bits per heavy atom. The van der Waals surface area contributed by atoms with Gasteiger partial charge >= 0.3 is 0 Å². The number of anilines is 6. The molecule has 0 saturated heterocycles. The number of ether oxygens (including phenoxy) is 2. The number of nitriles is 1. The standard InChI is InChI=1S/C44H26N4O2/c1-46-36-27-35(30-20-24-33(25-21-30)48-39-12-4-8-16-43(39)50-44-17-9-5-13-40(44)48)34(26-31(36)28-45)29-18-22-32(23-19-29)47-37-10-2-6-14-41(37)49-42-15-7-3-11-38(42)47/h2-27H. The first-order valence-corrected chi connectivity index (χ1v) is 16.2. The van der Waals surface area contributed by atoms with Gasteiger partial charge in [-0.15, -0.1) is 0 Å². The quantitative estimate of drug-likeness (QED) is 0.179. The molecule has 9 rings (SSSR count). The summed E-state index contributed by atoms with van der Waals surface area (Å²) >= 11 is 0. The van der Waals surface area contributed by atoms with Crippen LogP contribution in [0.3, 0.4) is 0 Å². The van der Waals surface area contributed by atoms with E-state index in [9.17, 15) is 5.26 Å². The van der Waals surface area contributed by atoms with E-state index < -0.39 is 0 Å². The fourth-order valence-electron chi connectivity index (χ4n) is 6.79. The molecule has 0 spiro atoms. The molecule has 0 aromatic heterocycles. The molecule has 0 bridgehead atoms. The predicted molar refractivity (Wildman–Crippen MR) is 198 cm³/mol. The minimum Gasteiger partial charge on any atom is -0.453 e. The summed E-state index contributed by atoms with van der Waals surface area (Å²) in [5, 5.41) is 10.00. The number of hydrogen-bond acceptors (Lipinski definition) is 5. The van der Waals surface area contributed by atoms with Gasteiger partial charge in [-0.25, -0.2) is 4.85 Å². The number of para-hydroxylation sites is 8. The second-order valence-electron chi connectivity index (χ2n) is 12.0. The van der Waals surface area contributed by atoms with Gasteiger partial charge in [0.1, 0.15) is 0 Å². The van der Waals surface area contributed by atoms with Gasteiger partial charge in [-0.2, -0.15) is 5.26 Å². The van der Waals surface area contributed by atoms with Gasteiger partial charge in [0.25, 0.3) is 0 Å². The lowest BCUT2D eigenvalue weighted by Crippen LogP contribution is -2.15. The Bertz CT molecular complexity index is 2260. The van der Waals surface area contributed by atoms with Crippen LogP contribution in [0.5, 0.6) is 23.0 Å². The molecule has 0 saturated carbocycles. The summed E-state index contributed by atoms with van der Waals surface area (Å²) in [6, 6.07) is 54.6. The second kappa shape index (κ2) is 11.8. The van der Waals surface area contributed by atoms with E-state index in [1.165, 1.54) is 0 Å². The van der Waals surface area contributed by atoms with Crippen molar-refractivity contribution in [1.29, 1.82) is 5.26 Å². The SMILES string of the molecule is [C-]#[N+]c1cc(-c2ccc(N3c4ccccc4Oc4ccccc43)cc2)c(-c2ccc(N3c4ccccc4Oc4ccccc43)cc2)cc1C#N. The van der Waals surface area contributed by atoms with Gasteiger partial charge < -0.3 is 19.3 Å². The Kier molecular flexibility index (Phi) is 6.79. The highest BCUT2D eigenvalue weighted by Gasteiger charge is 2.27. The Labute approximate surface area is 289 Å². The van der Waals surface area contributed by atoms with E-state index in [-0.39, 0.29) is 0 Å². The second-order valence-corrected chi connectivity index (χ2v) is 12.0. The van der Waals surface area contributed by atoms with Gasteiger partial charge in [0.15, 0.2) is 23.0 Å². The highest BCUT2D eigenvalue weighted by Crippen LogP contribution is 2.52. The molecule has 0 fully saturated rings. The highest BCUT2D eigenvalue weighted by molar-refractivity contribution is 5.92. The number of nitrogens with zero attached hydrogens (tertiary/aromatic N) is 4. The topological polar surface area (TPSA) is 53.1 Å². The van der Waals surface area contributed by atoms with E-state index in [1.807, 2.05) is 84.9 Å². The van der Waals surface area contributed by atoms with Crippen molar-refractivity contribution >= 4 is 39.8 Å². The highest BCUT2D eigenvalue weighted by atomic mass is 16.5. The number of rotatable bonds is 4. The van der Waals surface area contributed by atoms with Crippen molar-refractivity contribution in [2.24, 2.45) is 0 Å². The zero-order valence-corrected chi connectivity index (χ0v) is 26.6. The lowest BCUT2D eigenvalue weighted by Gasteiger charge is -2.33. The molecule has 0 radical (unpaired) electrons. The van der Waals surface area contributed by atoms with Crippen LogP contribution < -0.4 is 19.3 Å². The maximum absolute atomic E-state index is 10.00. The van der Waals surface area contributed by atoms with Crippen molar-refractivity contribution in [3.63, 3.8) is 0 Å². The van der Waals surface area contributed by atoms with Gasteiger partial charge in [0.2, 0.25) is 5.69 Å². The molecule has 0 atom stereocenters. The first-order valence-electron chi connectivity index (χ1n) is 16.2. The van der Waals surface area contributed by atoms with Crippen molar-refractivity contribution in [2.75, 3.05) is 9.80 Å². The van der Waals surface area contributed by atoms with Crippen LogP contribution in [0.2, 0.25) is 0 Å². The van der Waals surface area contributed by atoms with E-state index in [0.717, 1.165) is 79.4 Å². The maximum Gasteiger partial charge on any atom is 0.205 e. The van der Waals surface area contributed by atoms with Crippen molar-refractivity contribution in [3.05, 3.63) is 175 Å². The lowest BCUT2D eigenvalue weighted by molar-refractivity contribution is 0.477. The summed E-state index contributed by atoms with van der Waals surface area (Å²) in [6.45, 7) is 7.83. The van der Waals surface area contributed by atoms with Gasteiger partial charge in [-0.05, 0) is 107 Å². The van der Waals surface area contributed by atoms with Crippen molar-refractivity contribution in [2.45, 2.75) is 0 Å². The molecule has 6 heteroatoms. The van der Waals surface area contributed by atoms with Gasteiger partial charge in [0, 0.05) is 11.4 Å². The van der Waals surface area contributed by atoms with Crippen LogP contribution in [-0.4, -0.2) is 0 Å². The molecule has 7 aromatic carbocycles. The fourth-order valence-corrected chi connectivity index (χ4v) is 6.79. The van der Waals surface area contributed by atoms with Crippen molar-refractivity contribution in [1.82, 2.24) is 0 Å². The summed E-state index contributed by atoms with van der Waals surface area (Å²) in [7, 11) is 0. The van der Waals surface area contributed by atoms with Crippen molar-refractivity contribution in [3.8, 4) is 51.3 Å². The van der Waals surface area contributed by atoms with Crippen LogP contribution in [0, 0.1) is 17.9 Å². The third-order valence-electron chi connectivity index (χ3n) is 9.11. The largest absolute Gasteiger partial charge is 0.453 e. The maximum atomic E-state index is 10.00. The normalized spacial score (nSPS) is 12.2. The van der Waals surface area contributed by atoms with Crippen molar-refractivity contribution < 1.29 is 9.47 Å². The third kappa shape index (κ3) is 4.72. The third-order valence-corrected chi connectivity index (χ3v) is 9.11. The molecule has 2 heterocycles. The van der Waals surface area contributed by atoms with Gasteiger partial charge in [-0.3, -0.25) is 0 Å². The summed E-state index contributed by atoms with van der Waals surface area (Å²) in [5.41, 5.74) is 10.1. The molecule has 6 nitrogen and oxygen atoms in total. The number of benzene rings is 7. The minimum absolute atomic E-state index is 0.324. The van der Waals surface area contributed by atoms with Gasteiger partial charge in [0.05, 0.1) is 41.0 Å². The molecule has 0 amide bonds. The Balaban J connectivity index is 1.13. The van der Waals surface area contributed by atoms with Crippen LogP contribution in [0.4, 0.5) is 39.8 Å². The smallest absolute Gasteiger partial charge is 0.205 e. The molecule has 0 unspecified atom stereocenters. The molecule has 50 heavy (non-hydrogen) atoms. The van der Waals surface area contributed by atoms with Crippen LogP contribution >= 0.6 is 0 Å². The summed E-state index contributed by atoms with van der Waals surface area (Å²) < 4.78 is 12.4. The van der Waals surface area contributed by atoms with E-state index in [1.54, 1.807) is 0 Å². The molecule has 7 aromatic rings. The molecule has 2 aliphatic heterocycles. The first kappa shape index (κ1) is 28.9. The first-order chi connectivity index (χ1) is 24.7.